The first-order chi connectivity index (χ1) is 7.70. The van der Waals surface area contributed by atoms with Crippen LogP contribution in [0.1, 0.15) is 11.7 Å². The summed E-state index contributed by atoms with van der Waals surface area (Å²) in [6.45, 7) is 0.730. The zero-order valence-electron chi connectivity index (χ0n) is 8.43. The van der Waals surface area contributed by atoms with Crippen LogP contribution in [0.4, 0.5) is 0 Å². The number of rotatable bonds is 2. The maximum atomic E-state index is 11.0. The molecule has 16 heavy (non-hydrogen) atoms. The summed E-state index contributed by atoms with van der Waals surface area (Å²) in [6, 6.07) is 7.40. The molecule has 2 rings (SSSR count). The maximum Gasteiger partial charge on any atom is 0.335 e. The van der Waals surface area contributed by atoms with Crippen molar-refractivity contribution in [2.45, 2.75) is 12.2 Å². The maximum absolute atomic E-state index is 11.0. The predicted molar refractivity (Wildman–Crippen MR) is 60.2 cm³/mol. The molecule has 1 saturated heterocycles. The minimum absolute atomic E-state index is 0.317. The fourth-order valence-electron chi connectivity index (χ4n) is 1.68. The Bertz CT molecular complexity index is 393. The number of carboxylic acid groups (broad SMARTS) is 1. The van der Waals surface area contributed by atoms with Crippen molar-refractivity contribution in [3.8, 4) is 0 Å². The summed E-state index contributed by atoms with van der Waals surface area (Å²) in [7, 11) is 0. The third-order valence-electron chi connectivity index (χ3n) is 2.41. The van der Waals surface area contributed by atoms with E-state index in [1.54, 1.807) is 0 Å². The topological polar surface area (TPSA) is 55.8 Å². The molecular formula is C11H11BrO4. The van der Waals surface area contributed by atoms with E-state index in [1.807, 2.05) is 24.3 Å². The highest BCUT2D eigenvalue weighted by Crippen LogP contribution is 2.31. The molecular weight excluding hydrogens is 276 g/mol. The highest BCUT2D eigenvalue weighted by Gasteiger charge is 2.35. The predicted octanol–water partition coefficient (Wildman–Crippen LogP) is 1.99. The van der Waals surface area contributed by atoms with Crippen molar-refractivity contribution < 1.29 is 19.4 Å². The van der Waals surface area contributed by atoms with Crippen LogP contribution in [-0.2, 0) is 14.3 Å². The molecule has 86 valence electrons. The van der Waals surface area contributed by atoms with Crippen molar-refractivity contribution in [3.05, 3.63) is 34.3 Å². The van der Waals surface area contributed by atoms with E-state index in [1.165, 1.54) is 0 Å². The van der Waals surface area contributed by atoms with E-state index in [4.69, 9.17) is 14.6 Å². The Morgan fingerprint density at radius 1 is 1.31 bits per heavy atom. The highest BCUT2D eigenvalue weighted by atomic mass is 79.9. The Morgan fingerprint density at radius 3 is 2.69 bits per heavy atom. The third-order valence-corrected chi connectivity index (χ3v) is 3.13. The molecule has 1 aromatic carbocycles. The SMILES string of the molecule is O=C(O)C1OCCOC1c1ccccc1Br. The molecule has 4 nitrogen and oxygen atoms in total. The van der Waals surface area contributed by atoms with Crippen LogP contribution in [-0.4, -0.2) is 30.4 Å². The van der Waals surface area contributed by atoms with Gasteiger partial charge in [0.25, 0.3) is 0 Å². The van der Waals surface area contributed by atoms with E-state index >= 15 is 0 Å². The first-order valence-corrected chi connectivity index (χ1v) is 5.70. The minimum Gasteiger partial charge on any atom is -0.479 e. The first-order valence-electron chi connectivity index (χ1n) is 4.90. The van der Waals surface area contributed by atoms with Gasteiger partial charge in [-0.1, -0.05) is 34.1 Å². The molecule has 1 heterocycles. The fraction of sp³-hybridized carbons (Fsp3) is 0.364. The minimum atomic E-state index is -1.000. The zero-order valence-corrected chi connectivity index (χ0v) is 10.0. The lowest BCUT2D eigenvalue weighted by atomic mass is 10.0. The van der Waals surface area contributed by atoms with Gasteiger partial charge in [-0.3, -0.25) is 0 Å². The summed E-state index contributed by atoms with van der Waals surface area (Å²) in [4.78, 5) is 11.0. The summed E-state index contributed by atoms with van der Waals surface area (Å²) in [6.07, 6.45) is -1.49. The van der Waals surface area contributed by atoms with Crippen molar-refractivity contribution in [1.29, 1.82) is 0 Å². The molecule has 2 unspecified atom stereocenters. The van der Waals surface area contributed by atoms with Gasteiger partial charge in [-0.25, -0.2) is 4.79 Å². The number of carboxylic acids is 1. The molecule has 5 heteroatoms. The van der Waals surface area contributed by atoms with Crippen LogP contribution in [0.15, 0.2) is 28.7 Å². The number of ether oxygens (including phenoxy) is 2. The van der Waals surface area contributed by atoms with Gasteiger partial charge in [-0.2, -0.15) is 0 Å². The largest absolute Gasteiger partial charge is 0.479 e. The van der Waals surface area contributed by atoms with E-state index in [9.17, 15) is 4.79 Å². The van der Waals surface area contributed by atoms with Crippen LogP contribution in [0.25, 0.3) is 0 Å². The second-order valence-corrected chi connectivity index (χ2v) is 4.30. The molecule has 1 aliphatic rings. The van der Waals surface area contributed by atoms with Gasteiger partial charge >= 0.3 is 5.97 Å². The molecule has 1 aliphatic heterocycles. The Balaban J connectivity index is 2.30. The van der Waals surface area contributed by atoms with Crippen LogP contribution in [0, 0.1) is 0 Å². The fourth-order valence-corrected chi connectivity index (χ4v) is 2.19. The lowest BCUT2D eigenvalue weighted by molar-refractivity contribution is -0.181. The van der Waals surface area contributed by atoms with Crippen LogP contribution >= 0.6 is 15.9 Å². The molecule has 0 spiro atoms. The normalized spacial score (nSPS) is 25.3. The second-order valence-electron chi connectivity index (χ2n) is 3.44. The van der Waals surface area contributed by atoms with Gasteiger partial charge in [0.05, 0.1) is 13.2 Å². The molecule has 0 aliphatic carbocycles. The first kappa shape index (κ1) is 11.6. The molecule has 2 atom stereocenters. The molecule has 0 saturated carbocycles. The van der Waals surface area contributed by atoms with Crippen molar-refractivity contribution >= 4 is 21.9 Å². The smallest absolute Gasteiger partial charge is 0.335 e. The Hall–Kier alpha value is -0.910. The monoisotopic (exact) mass is 286 g/mol. The van der Waals surface area contributed by atoms with Crippen molar-refractivity contribution in [1.82, 2.24) is 0 Å². The number of carbonyl (C=O) groups is 1. The average molecular weight is 287 g/mol. The number of hydrogen-bond acceptors (Lipinski definition) is 3. The lowest BCUT2D eigenvalue weighted by Crippen LogP contribution is -2.38. The average Bonchev–Trinajstić information content (AvgIpc) is 2.29. The Labute approximate surface area is 101 Å². The molecule has 0 radical (unpaired) electrons. The van der Waals surface area contributed by atoms with E-state index in [0.717, 1.165) is 10.0 Å². The number of aliphatic carboxylic acids is 1. The quantitative estimate of drug-likeness (QED) is 0.903. The van der Waals surface area contributed by atoms with Crippen molar-refractivity contribution in [3.63, 3.8) is 0 Å². The number of halogens is 1. The number of benzene rings is 1. The molecule has 0 amide bonds. The third kappa shape index (κ3) is 2.26. The van der Waals surface area contributed by atoms with Gasteiger partial charge < -0.3 is 14.6 Å². The van der Waals surface area contributed by atoms with Gasteiger partial charge in [0, 0.05) is 4.47 Å². The zero-order chi connectivity index (χ0) is 11.5. The summed E-state index contributed by atoms with van der Waals surface area (Å²) < 4.78 is 11.5. The molecule has 1 aromatic rings. The Kier molecular flexibility index (Phi) is 3.58. The highest BCUT2D eigenvalue weighted by molar-refractivity contribution is 9.10. The Morgan fingerprint density at radius 2 is 2.00 bits per heavy atom. The van der Waals surface area contributed by atoms with E-state index < -0.39 is 18.2 Å². The van der Waals surface area contributed by atoms with Gasteiger partial charge in [0.1, 0.15) is 6.10 Å². The van der Waals surface area contributed by atoms with Gasteiger partial charge in [-0.05, 0) is 11.6 Å². The van der Waals surface area contributed by atoms with E-state index in [-0.39, 0.29) is 0 Å². The van der Waals surface area contributed by atoms with Crippen LogP contribution in [0.2, 0.25) is 0 Å². The van der Waals surface area contributed by atoms with Gasteiger partial charge in [-0.15, -0.1) is 0 Å². The molecule has 0 aromatic heterocycles. The van der Waals surface area contributed by atoms with Crippen LogP contribution < -0.4 is 0 Å². The summed E-state index contributed by atoms with van der Waals surface area (Å²) in [5, 5.41) is 9.04. The summed E-state index contributed by atoms with van der Waals surface area (Å²) >= 11 is 3.38. The molecule has 1 fully saturated rings. The number of hydrogen-bond donors (Lipinski definition) is 1. The van der Waals surface area contributed by atoms with Crippen LogP contribution in [0.5, 0.6) is 0 Å². The van der Waals surface area contributed by atoms with Gasteiger partial charge in [0.15, 0.2) is 6.10 Å². The summed E-state index contributed by atoms with van der Waals surface area (Å²) in [5.74, 6) is -1.000. The van der Waals surface area contributed by atoms with Crippen molar-refractivity contribution in [2.24, 2.45) is 0 Å². The van der Waals surface area contributed by atoms with E-state index in [2.05, 4.69) is 15.9 Å². The lowest BCUT2D eigenvalue weighted by Gasteiger charge is -2.29. The van der Waals surface area contributed by atoms with Crippen LogP contribution in [0.3, 0.4) is 0 Å². The standard InChI is InChI=1S/C11H11BrO4/c12-8-4-2-1-3-7(8)9-10(11(13)14)16-6-5-15-9/h1-4,9-10H,5-6H2,(H,13,14). The summed E-state index contributed by atoms with van der Waals surface area (Å²) in [5.41, 5.74) is 0.801. The van der Waals surface area contributed by atoms with E-state index in [0.29, 0.717) is 13.2 Å². The van der Waals surface area contributed by atoms with Crippen molar-refractivity contribution in [2.75, 3.05) is 13.2 Å². The van der Waals surface area contributed by atoms with Gasteiger partial charge in [0.2, 0.25) is 0 Å². The molecule has 0 bridgehead atoms. The molecule has 1 N–H and O–H groups in total. The second kappa shape index (κ2) is 4.95.